The minimum absolute atomic E-state index is 0.00215. The van der Waals surface area contributed by atoms with Crippen molar-refractivity contribution in [2.24, 2.45) is 0 Å². The second-order valence-electron chi connectivity index (χ2n) is 9.82. The van der Waals surface area contributed by atoms with Gasteiger partial charge in [-0.1, -0.05) is 23.8 Å². The average Bonchev–Trinajstić information content (AvgIpc) is 2.80. The Kier molecular flexibility index (Phi) is 6.36. The zero-order valence-corrected chi connectivity index (χ0v) is 20.7. The summed E-state index contributed by atoms with van der Waals surface area (Å²) in [4.78, 5) is 13.9. The van der Waals surface area contributed by atoms with Gasteiger partial charge >= 0.3 is 0 Å². The summed E-state index contributed by atoms with van der Waals surface area (Å²) >= 11 is 0. The highest BCUT2D eigenvalue weighted by atomic mass is 16.5. The number of aliphatic hydroxyl groups is 2. The fourth-order valence-corrected chi connectivity index (χ4v) is 4.29. The zero-order chi connectivity index (χ0) is 26.5. The van der Waals surface area contributed by atoms with E-state index in [0.717, 1.165) is 6.07 Å². The second-order valence-corrected chi connectivity index (χ2v) is 9.82. The van der Waals surface area contributed by atoms with Crippen LogP contribution in [0.5, 0.6) is 23.0 Å². The summed E-state index contributed by atoms with van der Waals surface area (Å²) in [6.45, 7) is 10.6. The monoisotopic (exact) mass is 494 g/mol. The number of hydrogen-bond donors (Lipinski definition) is 5. The summed E-state index contributed by atoms with van der Waals surface area (Å²) in [5, 5.41) is 52.0. The Bertz CT molecular complexity index is 1520. The molecule has 0 spiro atoms. The highest BCUT2D eigenvalue weighted by Crippen LogP contribution is 2.46. The third kappa shape index (κ3) is 4.23. The summed E-state index contributed by atoms with van der Waals surface area (Å²) in [7, 11) is 0. The van der Waals surface area contributed by atoms with E-state index in [4.69, 9.17) is 9.15 Å². The van der Waals surface area contributed by atoms with Gasteiger partial charge in [-0.3, -0.25) is 4.79 Å². The molecule has 0 saturated carbocycles. The van der Waals surface area contributed by atoms with Crippen molar-refractivity contribution < 1.29 is 34.7 Å². The van der Waals surface area contributed by atoms with Crippen LogP contribution < -0.4 is 10.2 Å². The smallest absolute Gasteiger partial charge is 0.204 e. The van der Waals surface area contributed by atoms with E-state index in [0.29, 0.717) is 16.7 Å². The molecular weight excluding hydrogens is 464 g/mol. The number of phenolic OH excluding ortho intramolecular Hbond substituents is 3. The van der Waals surface area contributed by atoms with Gasteiger partial charge in [0.05, 0.1) is 23.7 Å². The van der Waals surface area contributed by atoms with E-state index in [1.807, 2.05) is 13.8 Å². The summed E-state index contributed by atoms with van der Waals surface area (Å²) in [6, 6.07) is 1.14. The highest BCUT2D eigenvalue weighted by Gasteiger charge is 2.32. The molecule has 0 amide bonds. The maximum Gasteiger partial charge on any atom is 0.204 e. The van der Waals surface area contributed by atoms with Crippen LogP contribution in [0.15, 0.2) is 45.2 Å². The van der Waals surface area contributed by atoms with Gasteiger partial charge in [0.15, 0.2) is 11.5 Å². The van der Waals surface area contributed by atoms with Crippen molar-refractivity contribution in [3.8, 4) is 23.0 Å². The molecule has 2 aromatic carbocycles. The number of hydrogen-bond acceptors (Lipinski definition) is 8. The molecule has 0 radical (unpaired) electrons. The molecule has 0 saturated heterocycles. The topological polar surface area (TPSA) is 141 Å². The van der Waals surface area contributed by atoms with Crippen molar-refractivity contribution in [3.05, 3.63) is 62.9 Å². The average molecular weight is 495 g/mol. The summed E-state index contributed by atoms with van der Waals surface area (Å²) in [6.07, 6.45) is 4.09. The first-order chi connectivity index (χ1) is 16.9. The van der Waals surface area contributed by atoms with E-state index >= 15 is 0 Å². The van der Waals surface area contributed by atoms with Crippen LogP contribution in [-0.4, -0.2) is 43.8 Å². The van der Waals surface area contributed by atoms with Gasteiger partial charge in [0.2, 0.25) is 5.43 Å². The summed E-state index contributed by atoms with van der Waals surface area (Å²) in [5.74, 6) is -1.05. The lowest BCUT2D eigenvalue weighted by atomic mass is 9.92. The van der Waals surface area contributed by atoms with E-state index < -0.39 is 28.6 Å². The molecule has 1 atom stereocenters. The Balaban J connectivity index is 2.16. The van der Waals surface area contributed by atoms with Crippen LogP contribution in [0.1, 0.15) is 44.4 Å². The van der Waals surface area contributed by atoms with Gasteiger partial charge in [0.25, 0.3) is 0 Å². The van der Waals surface area contributed by atoms with Crippen molar-refractivity contribution in [3.63, 3.8) is 0 Å². The van der Waals surface area contributed by atoms with Crippen LogP contribution in [0.4, 0.5) is 0 Å². The van der Waals surface area contributed by atoms with Crippen LogP contribution in [0.25, 0.3) is 28.0 Å². The molecule has 0 aliphatic carbocycles. The van der Waals surface area contributed by atoms with E-state index in [1.54, 1.807) is 32.1 Å². The molecule has 190 valence electrons. The Hall–Kier alpha value is -3.75. The highest BCUT2D eigenvalue weighted by molar-refractivity contribution is 6.01. The van der Waals surface area contributed by atoms with Crippen molar-refractivity contribution >= 4 is 28.0 Å². The lowest BCUT2D eigenvalue weighted by Crippen LogP contribution is -2.29. The molecule has 8 nitrogen and oxygen atoms in total. The van der Waals surface area contributed by atoms with Gasteiger partial charge in [0.1, 0.15) is 33.7 Å². The van der Waals surface area contributed by atoms with Crippen molar-refractivity contribution in [2.45, 2.75) is 52.2 Å². The number of phenols is 3. The van der Waals surface area contributed by atoms with Gasteiger partial charge in [-0.2, -0.15) is 0 Å². The molecule has 1 aliphatic heterocycles. The number of ether oxygens (including phenoxy) is 1. The van der Waals surface area contributed by atoms with E-state index in [2.05, 4.69) is 6.58 Å². The molecule has 0 bridgehead atoms. The molecule has 8 heteroatoms. The quantitative estimate of drug-likeness (QED) is 0.195. The van der Waals surface area contributed by atoms with Crippen molar-refractivity contribution in [1.29, 1.82) is 0 Å². The first-order valence-electron chi connectivity index (χ1n) is 11.6. The molecule has 36 heavy (non-hydrogen) atoms. The van der Waals surface area contributed by atoms with Gasteiger partial charge in [-0.15, -0.1) is 0 Å². The molecule has 2 heterocycles. The molecule has 4 rings (SSSR count). The number of fused-ring (bicyclic) bond motifs is 3. The third-order valence-corrected chi connectivity index (χ3v) is 6.41. The van der Waals surface area contributed by atoms with Crippen LogP contribution in [0.3, 0.4) is 0 Å². The Labute approximate surface area is 207 Å². The van der Waals surface area contributed by atoms with Gasteiger partial charge in [-0.05, 0) is 46.3 Å². The lowest BCUT2D eigenvalue weighted by molar-refractivity contribution is 0.153. The second kappa shape index (κ2) is 9.04. The van der Waals surface area contributed by atoms with Crippen LogP contribution >= 0.6 is 0 Å². The summed E-state index contributed by atoms with van der Waals surface area (Å²) in [5.41, 5.74) is 0.508. The predicted octanol–water partition coefficient (Wildman–Crippen LogP) is 4.21. The first kappa shape index (κ1) is 25.3. The molecular formula is C28H30O8. The maximum atomic E-state index is 13.9. The lowest BCUT2D eigenvalue weighted by Gasteiger charge is -2.31. The standard InChI is InChI=1S/C28H30O8/c1-13(2)18(30)10-17-26-16(8-9-28(4,5)36-26)24(33)22-25(34)21-15(7-6-14(3)12-29)23(32)19(31)11-20(21)35-27(17)22/h6,8-9,11,18,29-33H,1,7,10,12H2,2-5H3/b14-6+/t18-/m1/s1. The van der Waals surface area contributed by atoms with E-state index in [9.17, 15) is 30.3 Å². The summed E-state index contributed by atoms with van der Waals surface area (Å²) < 4.78 is 12.3. The Morgan fingerprint density at radius 1 is 1.14 bits per heavy atom. The molecule has 3 aromatic rings. The first-order valence-corrected chi connectivity index (χ1v) is 11.6. The Morgan fingerprint density at radius 2 is 1.83 bits per heavy atom. The van der Waals surface area contributed by atoms with Crippen LogP contribution in [-0.2, 0) is 12.8 Å². The number of aromatic hydroxyl groups is 3. The van der Waals surface area contributed by atoms with Gasteiger partial charge in [0, 0.05) is 23.6 Å². The number of allylic oxidation sites excluding steroid dienone is 1. The maximum absolute atomic E-state index is 13.9. The van der Waals surface area contributed by atoms with Crippen molar-refractivity contribution in [1.82, 2.24) is 0 Å². The minimum Gasteiger partial charge on any atom is -0.506 e. The van der Waals surface area contributed by atoms with Crippen molar-refractivity contribution in [2.75, 3.05) is 6.61 Å². The molecule has 1 aliphatic rings. The molecule has 1 aromatic heterocycles. The van der Waals surface area contributed by atoms with Crippen LogP contribution in [0, 0.1) is 0 Å². The minimum atomic E-state index is -0.976. The molecule has 5 N–H and O–H groups in total. The number of benzene rings is 2. The van der Waals surface area contributed by atoms with E-state index in [-0.39, 0.29) is 64.0 Å². The number of aliphatic hydroxyl groups excluding tert-OH is 2. The fourth-order valence-electron chi connectivity index (χ4n) is 4.29. The zero-order valence-electron chi connectivity index (χ0n) is 20.7. The SMILES string of the molecule is C=C(C)[C@H](O)Cc1c2c(c(O)c3c(=O)c4c(C/C=C(\C)CO)c(O)c(O)cc4oc13)C=CC(C)(C)O2. The van der Waals surface area contributed by atoms with Crippen LogP contribution in [0.2, 0.25) is 0 Å². The largest absolute Gasteiger partial charge is 0.506 e. The molecule has 0 unspecified atom stereocenters. The number of rotatable bonds is 6. The van der Waals surface area contributed by atoms with Gasteiger partial charge in [-0.25, -0.2) is 0 Å². The normalized spacial score (nSPS) is 15.7. The van der Waals surface area contributed by atoms with Gasteiger partial charge < -0.3 is 34.7 Å². The third-order valence-electron chi connectivity index (χ3n) is 6.41. The predicted molar refractivity (Wildman–Crippen MR) is 138 cm³/mol. The Morgan fingerprint density at radius 3 is 2.47 bits per heavy atom. The molecule has 0 fully saturated rings. The van der Waals surface area contributed by atoms with E-state index in [1.165, 1.54) is 0 Å². The fraction of sp³-hybridized carbons (Fsp3) is 0.321.